The van der Waals surface area contributed by atoms with Gasteiger partial charge < -0.3 is 9.47 Å². The number of fused-ring (bicyclic) bond motifs is 2. The Morgan fingerprint density at radius 2 is 1.88 bits per heavy atom. The molecular formula is C20H18FN3O2. The van der Waals surface area contributed by atoms with E-state index in [1.165, 1.54) is 0 Å². The molecule has 3 aromatic heterocycles. The fraction of sp³-hybridized carbons (Fsp3) is 0.200. The van der Waals surface area contributed by atoms with Gasteiger partial charge in [0, 0.05) is 17.0 Å². The molecule has 4 rings (SSSR count). The maximum absolute atomic E-state index is 12.0. The van der Waals surface area contributed by atoms with Crippen LogP contribution in [0.2, 0.25) is 0 Å². The Morgan fingerprint density at radius 3 is 2.81 bits per heavy atom. The number of aromatic nitrogens is 3. The van der Waals surface area contributed by atoms with E-state index in [0.717, 1.165) is 27.8 Å². The number of alkyl halides is 1. The molecule has 0 amide bonds. The zero-order valence-electron chi connectivity index (χ0n) is 14.1. The number of pyridine rings is 2. The number of rotatable bonds is 7. The quantitative estimate of drug-likeness (QED) is 0.473. The molecule has 0 saturated heterocycles. The first-order chi connectivity index (χ1) is 12.8. The van der Waals surface area contributed by atoms with Crippen molar-refractivity contribution in [3.63, 3.8) is 0 Å². The third-order valence-electron chi connectivity index (χ3n) is 4.05. The van der Waals surface area contributed by atoms with Gasteiger partial charge in [-0.1, -0.05) is 18.2 Å². The van der Waals surface area contributed by atoms with Crippen LogP contribution in [0.1, 0.15) is 0 Å². The Hall–Kier alpha value is -2.99. The Bertz CT molecular complexity index is 1030. The first-order valence-corrected chi connectivity index (χ1v) is 8.45. The lowest BCUT2D eigenvalue weighted by atomic mass is 10.2. The van der Waals surface area contributed by atoms with E-state index in [1.807, 2.05) is 53.2 Å². The van der Waals surface area contributed by atoms with Gasteiger partial charge in [-0.25, -0.2) is 14.4 Å². The van der Waals surface area contributed by atoms with Crippen LogP contribution in [0.25, 0.3) is 27.8 Å². The molecule has 6 heteroatoms. The summed E-state index contributed by atoms with van der Waals surface area (Å²) in [5.74, 6) is 1.48. The second-order valence-electron chi connectivity index (χ2n) is 5.78. The van der Waals surface area contributed by atoms with Gasteiger partial charge in [-0.15, -0.1) is 0 Å². The van der Waals surface area contributed by atoms with Crippen LogP contribution in [0.15, 0.2) is 60.9 Å². The van der Waals surface area contributed by atoms with E-state index in [1.54, 1.807) is 6.20 Å². The second-order valence-corrected chi connectivity index (χ2v) is 5.78. The average molecular weight is 351 g/mol. The highest BCUT2D eigenvalue weighted by Crippen LogP contribution is 2.23. The fourth-order valence-electron chi connectivity index (χ4n) is 2.83. The Labute approximate surface area is 150 Å². The van der Waals surface area contributed by atoms with E-state index in [9.17, 15) is 4.39 Å². The molecular weight excluding hydrogens is 333 g/mol. The highest BCUT2D eigenvalue weighted by molar-refractivity contribution is 5.82. The zero-order valence-corrected chi connectivity index (χ0v) is 14.1. The lowest BCUT2D eigenvalue weighted by molar-refractivity contribution is 0.0896. The van der Waals surface area contributed by atoms with Crippen molar-refractivity contribution >= 4 is 21.9 Å². The summed E-state index contributed by atoms with van der Waals surface area (Å²) < 4.78 is 24.6. The molecule has 0 fully saturated rings. The van der Waals surface area contributed by atoms with Crippen molar-refractivity contribution in [2.75, 3.05) is 26.5 Å². The normalized spacial score (nSPS) is 11.3. The van der Waals surface area contributed by atoms with Crippen LogP contribution in [-0.4, -0.2) is 41.0 Å². The van der Waals surface area contributed by atoms with Crippen molar-refractivity contribution in [3.05, 3.63) is 60.9 Å². The Morgan fingerprint density at radius 1 is 0.962 bits per heavy atom. The van der Waals surface area contributed by atoms with E-state index in [0.29, 0.717) is 19.0 Å². The summed E-state index contributed by atoms with van der Waals surface area (Å²) in [4.78, 5) is 9.22. The number of hydrogen-bond acceptors (Lipinski definition) is 4. The number of para-hydroxylation sites is 1. The number of nitrogens with zero attached hydrogens (tertiary/aromatic N) is 3. The average Bonchev–Trinajstić information content (AvgIpc) is 3.11. The summed E-state index contributed by atoms with van der Waals surface area (Å²) in [6, 6.07) is 16.0. The van der Waals surface area contributed by atoms with Gasteiger partial charge >= 0.3 is 0 Å². The summed E-state index contributed by atoms with van der Waals surface area (Å²) in [7, 11) is 0. The molecule has 0 aliphatic rings. The van der Waals surface area contributed by atoms with E-state index in [-0.39, 0.29) is 6.61 Å². The van der Waals surface area contributed by atoms with Gasteiger partial charge in [-0.05, 0) is 30.3 Å². The third kappa shape index (κ3) is 3.36. The molecule has 0 aliphatic carbocycles. The standard InChI is InChI=1S/C20H18FN3O2/c21-8-10-25-11-12-26-17-13-16-7-9-24(20(16)22-14-17)19-6-5-15-3-1-2-4-18(15)23-19/h1-7,9,13-14H,8,10-12H2. The lowest BCUT2D eigenvalue weighted by Gasteiger charge is -2.08. The van der Waals surface area contributed by atoms with E-state index < -0.39 is 6.67 Å². The van der Waals surface area contributed by atoms with E-state index >= 15 is 0 Å². The van der Waals surface area contributed by atoms with Crippen molar-refractivity contribution < 1.29 is 13.9 Å². The van der Waals surface area contributed by atoms with E-state index in [4.69, 9.17) is 14.5 Å². The summed E-state index contributed by atoms with van der Waals surface area (Å²) in [5, 5.41) is 2.06. The first-order valence-electron chi connectivity index (χ1n) is 8.45. The third-order valence-corrected chi connectivity index (χ3v) is 4.05. The maximum Gasteiger partial charge on any atom is 0.145 e. The van der Waals surface area contributed by atoms with Crippen molar-refractivity contribution in [1.82, 2.24) is 14.5 Å². The number of benzene rings is 1. The zero-order chi connectivity index (χ0) is 17.8. The van der Waals surface area contributed by atoms with Gasteiger partial charge in [0.05, 0.1) is 24.9 Å². The van der Waals surface area contributed by atoms with Gasteiger partial charge in [0.1, 0.15) is 30.5 Å². The van der Waals surface area contributed by atoms with Crippen LogP contribution in [0, 0.1) is 0 Å². The Balaban J connectivity index is 1.56. The molecule has 4 aromatic rings. The SMILES string of the molecule is FCCOCCOc1cnc2c(ccn2-c2ccc3ccccc3n2)c1. The van der Waals surface area contributed by atoms with Crippen LogP contribution in [-0.2, 0) is 4.74 Å². The van der Waals surface area contributed by atoms with Gasteiger partial charge in [0.2, 0.25) is 0 Å². The molecule has 0 spiro atoms. The minimum atomic E-state index is -0.482. The molecule has 0 radical (unpaired) electrons. The highest BCUT2D eigenvalue weighted by Gasteiger charge is 2.08. The predicted octanol–water partition coefficient (Wildman–Crippen LogP) is 3.94. The molecule has 0 N–H and O–H groups in total. The van der Waals surface area contributed by atoms with Crippen LogP contribution in [0.4, 0.5) is 4.39 Å². The molecule has 0 bridgehead atoms. The smallest absolute Gasteiger partial charge is 0.145 e. The van der Waals surface area contributed by atoms with E-state index in [2.05, 4.69) is 11.1 Å². The number of ether oxygens (including phenoxy) is 2. The van der Waals surface area contributed by atoms with Crippen molar-refractivity contribution in [2.24, 2.45) is 0 Å². The monoisotopic (exact) mass is 351 g/mol. The largest absolute Gasteiger partial charge is 0.490 e. The highest BCUT2D eigenvalue weighted by atomic mass is 19.1. The first kappa shape index (κ1) is 16.5. The lowest BCUT2D eigenvalue weighted by Crippen LogP contribution is -2.08. The summed E-state index contributed by atoms with van der Waals surface area (Å²) in [6.45, 7) is 0.330. The summed E-state index contributed by atoms with van der Waals surface area (Å²) >= 11 is 0. The fourth-order valence-corrected chi connectivity index (χ4v) is 2.83. The van der Waals surface area contributed by atoms with Gasteiger partial charge in [0.25, 0.3) is 0 Å². The van der Waals surface area contributed by atoms with Crippen LogP contribution >= 0.6 is 0 Å². The van der Waals surface area contributed by atoms with Crippen molar-refractivity contribution in [3.8, 4) is 11.6 Å². The number of halogens is 1. The molecule has 1 aromatic carbocycles. The summed E-state index contributed by atoms with van der Waals surface area (Å²) in [5.41, 5.74) is 1.76. The van der Waals surface area contributed by atoms with Gasteiger partial charge in [-0.2, -0.15) is 0 Å². The molecule has 0 saturated carbocycles. The Kier molecular flexibility index (Phi) is 4.75. The van der Waals surface area contributed by atoms with Crippen molar-refractivity contribution in [2.45, 2.75) is 0 Å². The molecule has 0 unspecified atom stereocenters. The van der Waals surface area contributed by atoms with Crippen LogP contribution < -0.4 is 4.74 Å². The predicted molar refractivity (Wildman–Crippen MR) is 98.7 cm³/mol. The topological polar surface area (TPSA) is 49.2 Å². The molecule has 0 aliphatic heterocycles. The van der Waals surface area contributed by atoms with Crippen LogP contribution in [0.5, 0.6) is 5.75 Å². The molecule has 132 valence electrons. The second kappa shape index (κ2) is 7.49. The molecule has 3 heterocycles. The van der Waals surface area contributed by atoms with Gasteiger partial charge in [-0.3, -0.25) is 4.57 Å². The van der Waals surface area contributed by atoms with Crippen LogP contribution in [0.3, 0.4) is 0 Å². The maximum atomic E-state index is 12.0. The summed E-state index contributed by atoms with van der Waals surface area (Å²) in [6.07, 6.45) is 3.62. The minimum Gasteiger partial charge on any atom is -0.490 e. The van der Waals surface area contributed by atoms with Gasteiger partial charge in [0.15, 0.2) is 0 Å². The molecule has 26 heavy (non-hydrogen) atoms. The molecule has 0 atom stereocenters. The van der Waals surface area contributed by atoms with Crippen molar-refractivity contribution in [1.29, 1.82) is 0 Å². The minimum absolute atomic E-state index is 0.0995. The number of hydrogen-bond donors (Lipinski definition) is 0. The molecule has 5 nitrogen and oxygen atoms in total.